The number of anilines is 1. The molecule has 0 aliphatic carbocycles. The van der Waals surface area contributed by atoms with Crippen molar-refractivity contribution in [2.75, 3.05) is 12.0 Å². The van der Waals surface area contributed by atoms with Gasteiger partial charge in [0.25, 0.3) is 0 Å². The van der Waals surface area contributed by atoms with Crippen molar-refractivity contribution in [3.8, 4) is 0 Å². The number of alkyl halides is 1. The largest absolute Gasteiger partial charge is 0.452 e. The first-order valence-corrected chi connectivity index (χ1v) is 6.19. The Balaban J connectivity index is 2.62. The van der Waals surface area contributed by atoms with E-state index >= 15 is 0 Å². The maximum absolute atomic E-state index is 13.5. The number of nitrogens with zero attached hydrogens (tertiary/aromatic N) is 1. The smallest absolute Gasteiger partial charge is 0.414 e. The molecule has 0 saturated carbocycles. The fourth-order valence-corrected chi connectivity index (χ4v) is 2.72. The Morgan fingerprint density at radius 1 is 1.56 bits per heavy atom. The molecule has 0 saturated heterocycles. The number of rotatable bonds is 1. The molecule has 5 heteroatoms. The molecule has 18 heavy (non-hydrogen) atoms. The van der Waals surface area contributed by atoms with Gasteiger partial charge in [0.05, 0.1) is 12.8 Å². The third kappa shape index (κ3) is 1.94. The molecule has 0 bridgehead atoms. The molecule has 2 rings (SSSR count). The Kier molecular flexibility index (Phi) is 3.23. The molecule has 98 valence electrons. The van der Waals surface area contributed by atoms with Crippen molar-refractivity contribution in [2.45, 2.75) is 31.7 Å². The summed E-state index contributed by atoms with van der Waals surface area (Å²) in [4.78, 5) is 13.5. The maximum Gasteiger partial charge on any atom is 0.414 e. The van der Waals surface area contributed by atoms with E-state index in [1.807, 2.05) is 13.8 Å². The summed E-state index contributed by atoms with van der Waals surface area (Å²) in [5, 5.41) is 0. The van der Waals surface area contributed by atoms with Crippen LogP contribution in [0.4, 0.5) is 14.9 Å². The highest BCUT2D eigenvalue weighted by Crippen LogP contribution is 2.42. The van der Waals surface area contributed by atoms with Gasteiger partial charge in [-0.15, -0.1) is 11.6 Å². The zero-order valence-electron chi connectivity index (χ0n) is 10.6. The first-order valence-electron chi connectivity index (χ1n) is 5.66. The first-order chi connectivity index (χ1) is 8.40. The number of amides is 1. The second kappa shape index (κ2) is 4.43. The lowest BCUT2D eigenvalue weighted by Crippen LogP contribution is -2.45. The van der Waals surface area contributed by atoms with Crippen molar-refractivity contribution >= 4 is 23.4 Å². The first kappa shape index (κ1) is 13.1. The number of methoxy groups -OCH3 is 1. The van der Waals surface area contributed by atoms with Crippen molar-refractivity contribution in [3.05, 3.63) is 29.1 Å². The standard InChI is InChI=1S/C13H15ClFNO2/c1-13(2)6-8-4-10(15)5-9(7-14)11(8)16(13)12(17)18-3/h4-5H,6-7H2,1-3H3. The van der Waals surface area contributed by atoms with Gasteiger partial charge in [0, 0.05) is 11.4 Å². The SMILES string of the molecule is COC(=O)N1c2c(CCl)cc(F)cc2CC1(C)C. The topological polar surface area (TPSA) is 29.5 Å². The minimum absolute atomic E-state index is 0.156. The van der Waals surface area contributed by atoms with Gasteiger partial charge < -0.3 is 4.74 Å². The number of hydrogen-bond acceptors (Lipinski definition) is 2. The Hall–Kier alpha value is -1.29. The molecular formula is C13H15ClFNO2. The summed E-state index contributed by atoms with van der Waals surface area (Å²) in [6.07, 6.45) is 0.135. The molecule has 1 aromatic rings. The van der Waals surface area contributed by atoms with Crippen LogP contribution in [-0.4, -0.2) is 18.7 Å². The molecule has 3 nitrogen and oxygen atoms in total. The van der Waals surface area contributed by atoms with Gasteiger partial charge in [-0.05, 0) is 43.5 Å². The second-order valence-corrected chi connectivity index (χ2v) is 5.27. The summed E-state index contributed by atoms with van der Waals surface area (Å²) in [6.45, 7) is 3.83. The highest BCUT2D eigenvalue weighted by Gasteiger charge is 2.42. The van der Waals surface area contributed by atoms with Crippen LogP contribution >= 0.6 is 11.6 Å². The lowest BCUT2D eigenvalue weighted by Gasteiger charge is -2.31. The molecule has 0 fully saturated rings. The second-order valence-electron chi connectivity index (χ2n) is 5.00. The zero-order chi connectivity index (χ0) is 13.5. The van der Waals surface area contributed by atoms with Gasteiger partial charge in [-0.3, -0.25) is 4.90 Å². The van der Waals surface area contributed by atoms with Gasteiger partial charge in [-0.1, -0.05) is 0 Å². The molecule has 1 amide bonds. The van der Waals surface area contributed by atoms with Crippen LogP contribution in [0.3, 0.4) is 0 Å². The van der Waals surface area contributed by atoms with E-state index in [2.05, 4.69) is 0 Å². The monoisotopic (exact) mass is 271 g/mol. The van der Waals surface area contributed by atoms with Crippen LogP contribution < -0.4 is 4.90 Å². The molecule has 0 atom stereocenters. The normalized spacial score (nSPS) is 16.6. The lowest BCUT2D eigenvalue weighted by molar-refractivity contribution is 0.173. The number of fused-ring (bicyclic) bond motifs is 1. The molecular weight excluding hydrogens is 257 g/mol. The minimum Gasteiger partial charge on any atom is -0.452 e. The molecule has 1 aliphatic rings. The highest BCUT2D eigenvalue weighted by atomic mass is 35.5. The predicted molar refractivity (Wildman–Crippen MR) is 68.6 cm³/mol. The van der Waals surface area contributed by atoms with Crippen LogP contribution in [0, 0.1) is 5.82 Å². The third-order valence-electron chi connectivity index (χ3n) is 3.19. The molecule has 0 radical (unpaired) electrons. The maximum atomic E-state index is 13.5. The van der Waals surface area contributed by atoms with E-state index in [4.69, 9.17) is 16.3 Å². The quantitative estimate of drug-likeness (QED) is 0.732. The fraction of sp³-hybridized carbons (Fsp3) is 0.462. The average Bonchev–Trinajstić information content (AvgIpc) is 2.56. The Morgan fingerprint density at radius 2 is 2.22 bits per heavy atom. The van der Waals surface area contributed by atoms with E-state index in [9.17, 15) is 9.18 Å². The Bertz CT molecular complexity index is 502. The average molecular weight is 272 g/mol. The molecule has 0 spiro atoms. The van der Waals surface area contributed by atoms with Gasteiger partial charge in [0.15, 0.2) is 0 Å². The van der Waals surface area contributed by atoms with Crippen molar-refractivity contribution in [1.29, 1.82) is 0 Å². The molecule has 0 aromatic heterocycles. The van der Waals surface area contributed by atoms with Crippen LogP contribution in [0.25, 0.3) is 0 Å². The number of carbonyl (C=O) groups is 1. The van der Waals surface area contributed by atoms with Gasteiger partial charge in [0.2, 0.25) is 0 Å². The van der Waals surface area contributed by atoms with Crippen molar-refractivity contribution in [2.24, 2.45) is 0 Å². The molecule has 0 N–H and O–H groups in total. The number of hydrogen-bond donors (Lipinski definition) is 0. The van der Waals surface area contributed by atoms with Crippen LogP contribution in [0.2, 0.25) is 0 Å². The number of carbonyl (C=O) groups excluding carboxylic acids is 1. The van der Waals surface area contributed by atoms with Crippen LogP contribution in [0.15, 0.2) is 12.1 Å². The van der Waals surface area contributed by atoms with E-state index in [1.54, 1.807) is 4.90 Å². The van der Waals surface area contributed by atoms with Crippen LogP contribution in [-0.2, 0) is 17.0 Å². The Morgan fingerprint density at radius 3 is 2.78 bits per heavy atom. The van der Waals surface area contributed by atoms with Gasteiger partial charge in [0.1, 0.15) is 5.82 Å². The summed E-state index contributed by atoms with van der Waals surface area (Å²) in [5.41, 5.74) is 1.65. The summed E-state index contributed by atoms with van der Waals surface area (Å²) in [7, 11) is 1.33. The van der Waals surface area contributed by atoms with E-state index in [1.165, 1.54) is 19.2 Å². The molecule has 1 heterocycles. The summed E-state index contributed by atoms with van der Waals surface area (Å²) in [5.74, 6) is -0.171. The van der Waals surface area contributed by atoms with Crippen molar-refractivity contribution in [3.63, 3.8) is 0 Å². The van der Waals surface area contributed by atoms with E-state index < -0.39 is 11.6 Å². The van der Waals surface area contributed by atoms with E-state index in [0.717, 1.165) is 5.56 Å². The molecule has 1 aromatic carbocycles. The van der Waals surface area contributed by atoms with Gasteiger partial charge >= 0.3 is 6.09 Å². The summed E-state index contributed by atoms with van der Waals surface area (Å²) in [6, 6.07) is 2.82. The molecule has 0 unspecified atom stereocenters. The van der Waals surface area contributed by atoms with Crippen molar-refractivity contribution in [1.82, 2.24) is 0 Å². The van der Waals surface area contributed by atoms with Crippen LogP contribution in [0.5, 0.6) is 0 Å². The highest BCUT2D eigenvalue weighted by molar-refractivity contribution is 6.17. The summed E-state index contributed by atoms with van der Waals surface area (Å²) < 4.78 is 18.3. The number of benzene rings is 1. The third-order valence-corrected chi connectivity index (χ3v) is 3.47. The predicted octanol–water partition coefficient (Wildman–Crippen LogP) is 3.47. The van der Waals surface area contributed by atoms with Crippen LogP contribution in [0.1, 0.15) is 25.0 Å². The van der Waals surface area contributed by atoms with Gasteiger partial charge in [-0.2, -0.15) is 0 Å². The molecule has 1 aliphatic heterocycles. The van der Waals surface area contributed by atoms with E-state index in [0.29, 0.717) is 17.7 Å². The fourth-order valence-electron chi connectivity index (χ4n) is 2.52. The van der Waals surface area contributed by atoms with E-state index in [-0.39, 0.29) is 11.7 Å². The summed E-state index contributed by atoms with van der Waals surface area (Å²) >= 11 is 5.84. The van der Waals surface area contributed by atoms with Gasteiger partial charge in [-0.25, -0.2) is 9.18 Å². The van der Waals surface area contributed by atoms with Crippen molar-refractivity contribution < 1.29 is 13.9 Å². The minimum atomic E-state index is -0.447. The Labute approximate surface area is 110 Å². The lowest BCUT2D eigenvalue weighted by atomic mass is 9.99. The number of halogens is 2. The number of ether oxygens (including phenoxy) is 1. The zero-order valence-corrected chi connectivity index (χ0v) is 11.3.